The number of aryl methyl sites for hydroxylation is 2. The van der Waals surface area contributed by atoms with Crippen molar-refractivity contribution < 1.29 is 9.90 Å². The van der Waals surface area contributed by atoms with Crippen LogP contribution in [-0.2, 0) is 11.8 Å². The van der Waals surface area contributed by atoms with Gasteiger partial charge in [0.1, 0.15) is 0 Å². The SMILES string of the molecule is Cc1nn(C)c2ncc(NC(=O)CC3(O)CCCC3)cc12. The smallest absolute Gasteiger partial charge is 0.227 e. The summed E-state index contributed by atoms with van der Waals surface area (Å²) in [7, 11) is 1.84. The number of rotatable bonds is 3. The number of anilines is 1. The maximum absolute atomic E-state index is 12.1. The third kappa shape index (κ3) is 2.76. The molecule has 0 unspecified atom stereocenters. The first-order chi connectivity index (χ1) is 9.97. The summed E-state index contributed by atoms with van der Waals surface area (Å²) in [5.41, 5.74) is 1.49. The Morgan fingerprint density at radius 2 is 2.19 bits per heavy atom. The predicted molar refractivity (Wildman–Crippen MR) is 79.9 cm³/mol. The van der Waals surface area contributed by atoms with Crippen LogP contribution in [0, 0.1) is 6.92 Å². The monoisotopic (exact) mass is 288 g/mol. The molecule has 0 spiro atoms. The van der Waals surface area contributed by atoms with Crippen molar-refractivity contribution >= 4 is 22.6 Å². The van der Waals surface area contributed by atoms with E-state index in [0.717, 1.165) is 29.6 Å². The second kappa shape index (κ2) is 5.11. The summed E-state index contributed by atoms with van der Waals surface area (Å²) in [6, 6.07) is 1.88. The summed E-state index contributed by atoms with van der Waals surface area (Å²) >= 11 is 0. The lowest BCUT2D eigenvalue weighted by Gasteiger charge is -2.21. The Balaban J connectivity index is 1.75. The summed E-state index contributed by atoms with van der Waals surface area (Å²) in [5.74, 6) is -0.165. The molecule has 6 nitrogen and oxygen atoms in total. The zero-order chi connectivity index (χ0) is 15.0. The van der Waals surface area contributed by atoms with Crippen molar-refractivity contribution in [3.05, 3.63) is 18.0 Å². The molecule has 3 rings (SSSR count). The fraction of sp³-hybridized carbons (Fsp3) is 0.533. The number of pyridine rings is 1. The first-order valence-corrected chi connectivity index (χ1v) is 7.28. The minimum atomic E-state index is -0.828. The Morgan fingerprint density at radius 3 is 2.90 bits per heavy atom. The van der Waals surface area contributed by atoms with E-state index in [9.17, 15) is 9.90 Å². The van der Waals surface area contributed by atoms with Gasteiger partial charge in [0.25, 0.3) is 0 Å². The van der Waals surface area contributed by atoms with Gasteiger partial charge >= 0.3 is 0 Å². The molecule has 0 radical (unpaired) electrons. The standard InChI is InChI=1S/C15H20N4O2/c1-10-12-7-11(9-16-14(12)19(2)18-10)17-13(20)8-15(21)5-3-4-6-15/h7,9,21H,3-6,8H2,1-2H3,(H,17,20). The van der Waals surface area contributed by atoms with E-state index in [-0.39, 0.29) is 12.3 Å². The molecule has 2 aromatic heterocycles. The average Bonchev–Trinajstić information content (AvgIpc) is 2.95. The van der Waals surface area contributed by atoms with Gasteiger partial charge in [-0.25, -0.2) is 4.98 Å². The van der Waals surface area contributed by atoms with Gasteiger partial charge in [0, 0.05) is 12.4 Å². The van der Waals surface area contributed by atoms with Gasteiger partial charge in [0.2, 0.25) is 5.91 Å². The van der Waals surface area contributed by atoms with Crippen LogP contribution in [0.5, 0.6) is 0 Å². The number of hydrogen-bond donors (Lipinski definition) is 2. The molecule has 1 amide bonds. The zero-order valence-electron chi connectivity index (χ0n) is 12.4. The van der Waals surface area contributed by atoms with Crippen LogP contribution >= 0.6 is 0 Å². The van der Waals surface area contributed by atoms with Gasteiger partial charge in [-0.2, -0.15) is 5.10 Å². The van der Waals surface area contributed by atoms with Crippen molar-refractivity contribution in [1.29, 1.82) is 0 Å². The average molecular weight is 288 g/mol. The van der Waals surface area contributed by atoms with E-state index < -0.39 is 5.60 Å². The van der Waals surface area contributed by atoms with Crippen LogP contribution in [0.2, 0.25) is 0 Å². The van der Waals surface area contributed by atoms with Crippen LogP contribution < -0.4 is 5.32 Å². The lowest BCUT2D eigenvalue weighted by Crippen LogP contribution is -2.30. The van der Waals surface area contributed by atoms with Crippen molar-refractivity contribution in [3.8, 4) is 0 Å². The predicted octanol–water partition coefficient (Wildman–Crippen LogP) is 1.91. The second-order valence-corrected chi connectivity index (χ2v) is 5.96. The van der Waals surface area contributed by atoms with Crippen molar-refractivity contribution in [2.24, 2.45) is 7.05 Å². The lowest BCUT2D eigenvalue weighted by atomic mass is 9.97. The van der Waals surface area contributed by atoms with Gasteiger partial charge in [0.15, 0.2) is 5.65 Å². The largest absolute Gasteiger partial charge is 0.389 e. The van der Waals surface area contributed by atoms with E-state index in [0.29, 0.717) is 18.5 Å². The number of aromatic nitrogens is 3. The van der Waals surface area contributed by atoms with E-state index in [2.05, 4.69) is 15.4 Å². The quantitative estimate of drug-likeness (QED) is 0.904. The molecule has 1 saturated carbocycles. The molecule has 2 N–H and O–H groups in total. The van der Waals surface area contributed by atoms with Crippen LogP contribution in [0.25, 0.3) is 11.0 Å². The van der Waals surface area contributed by atoms with Crippen LogP contribution in [0.3, 0.4) is 0 Å². The van der Waals surface area contributed by atoms with Crippen LogP contribution in [0.1, 0.15) is 37.8 Å². The number of fused-ring (bicyclic) bond motifs is 1. The number of nitrogens with one attached hydrogen (secondary N) is 1. The van der Waals surface area contributed by atoms with Crippen LogP contribution in [-0.4, -0.2) is 31.4 Å². The molecule has 2 heterocycles. The lowest BCUT2D eigenvalue weighted by molar-refractivity contribution is -0.120. The Kier molecular flexibility index (Phi) is 3.41. The van der Waals surface area contributed by atoms with E-state index in [4.69, 9.17) is 0 Å². The maximum atomic E-state index is 12.1. The van der Waals surface area contributed by atoms with Crippen molar-refractivity contribution in [1.82, 2.24) is 14.8 Å². The van der Waals surface area contributed by atoms with Gasteiger partial charge in [-0.1, -0.05) is 12.8 Å². The highest BCUT2D eigenvalue weighted by atomic mass is 16.3. The molecule has 0 bridgehead atoms. The van der Waals surface area contributed by atoms with Crippen molar-refractivity contribution in [2.45, 2.75) is 44.6 Å². The van der Waals surface area contributed by atoms with E-state index in [1.54, 1.807) is 10.9 Å². The van der Waals surface area contributed by atoms with Gasteiger partial charge in [0.05, 0.1) is 29.6 Å². The second-order valence-electron chi connectivity index (χ2n) is 5.96. The minimum absolute atomic E-state index is 0.150. The molecule has 0 aliphatic heterocycles. The van der Waals surface area contributed by atoms with Gasteiger partial charge in [-0.15, -0.1) is 0 Å². The third-order valence-corrected chi connectivity index (χ3v) is 4.17. The molecule has 1 aliphatic carbocycles. The summed E-state index contributed by atoms with van der Waals surface area (Å²) in [6.45, 7) is 1.91. The van der Waals surface area contributed by atoms with Crippen LogP contribution in [0.15, 0.2) is 12.3 Å². The molecule has 112 valence electrons. The Hall–Kier alpha value is -1.95. The molecule has 21 heavy (non-hydrogen) atoms. The van der Waals surface area contributed by atoms with Gasteiger partial charge in [-0.05, 0) is 25.8 Å². The van der Waals surface area contributed by atoms with E-state index in [1.807, 2.05) is 20.0 Å². The highest BCUT2D eigenvalue weighted by Gasteiger charge is 2.33. The first kappa shape index (κ1) is 14.0. The Labute approximate surface area is 123 Å². The molecule has 2 aromatic rings. The van der Waals surface area contributed by atoms with Crippen LogP contribution in [0.4, 0.5) is 5.69 Å². The normalized spacial score (nSPS) is 17.3. The maximum Gasteiger partial charge on any atom is 0.227 e. The molecule has 0 saturated heterocycles. The fourth-order valence-corrected chi connectivity index (χ4v) is 3.09. The topological polar surface area (TPSA) is 80.0 Å². The van der Waals surface area contributed by atoms with Crippen molar-refractivity contribution in [3.63, 3.8) is 0 Å². The van der Waals surface area contributed by atoms with E-state index >= 15 is 0 Å². The highest BCUT2D eigenvalue weighted by molar-refractivity contribution is 5.93. The van der Waals surface area contributed by atoms with Gasteiger partial charge in [-0.3, -0.25) is 9.48 Å². The molecule has 1 aliphatic rings. The summed E-state index contributed by atoms with van der Waals surface area (Å²) in [5, 5.41) is 18.3. The van der Waals surface area contributed by atoms with E-state index in [1.165, 1.54) is 0 Å². The summed E-state index contributed by atoms with van der Waals surface area (Å²) < 4.78 is 1.72. The third-order valence-electron chi connectivity index (χ3n) is 4.17. The fourth-order valence-electron chi connectivity index (χ4n) is 3.09. The summed E-state index contributed by atoms with van der Waals surface area (Å²) in [4.78, 5) is 16.4. The molecule has 0 atom stereocenters. The number of carbonyl (C=O) groups is 1. The Bertz CT molecular complexity index is 686. The van der Waals surface area contributed by atoms with Crippen molar-refractivity contribution in [2.75, 3.05) is 5.32 Å². The highest BCUT2D eigenvalue weighted by Crippen LogP contribution is 2.32. The number of hydrogen-bond acceptors (Lipinski definition) is 4. The first-order valence-electron chi connectivity index (χ1n) is 7.28. The minimum Gasteiger partial charge on any atom is -0.389 e. The molecular formula is C15H20N4O2. The zero-order valence-corrected chi connectivity index (χ0v) is 12.4. The Morgan fingerprint density at radius 1 is 1.48 bits per heavy atom. The number of aliphatic hydroxyl groups is 1. The molecule has 6 heteroatoms. The molecule has 1 fully saturated rings. The van der Waals surface area contributed by atoms with Gasteiger partial charge < -0.3 is 10.4 Å². The number of carbonyl (C=O) groups excluding carboxylic acids is 1. The number of nitrogens with zero attached hydrogens (tertiary/aromatic N) is 3. The summed E-state index contributed by atoms with van der Waals surface area (Å²) in [6.07, 6.45) is 5.17. The number of amides is 1. The molecular weight excluding hydrogens is 268 g/mol. The molecule has 0 aromatic carbocycles.